The van der Waals surface area contributed by atoms with Crippen molar-refractivity contribution in [1.82, 2.24) is 0 Å². The van der Waals surface area contributed by atoms with Crippen molar-refractivity contribution >= 4 is 10.8 Å². The number of ether oxygens (including phenoxy) is 3. The number of hydrogen-bond donors (Lipinski definition) is 0. The van der Waals surface area contributed by atoms with Gasteiger partial charge >= 0.3 is 0 Å². The predicted molar refractivity (Wildman–Crippen MR) is 63.0 cm³/mol. The zero-order valence-electron chi connectivity index (χ0n) is 9.70. The van der Waals surface area contributed by atoms with Gasteiger partial charge in [-0.1, -0.05) is 24.3 Å². The van der Waals surface area contributed by atoms with Crippen LogP contribution in [0, 0.1) is 5.82 Å². The van der Waals surface area contributed by atoms with Crippen LogP contribution in [-0.4, -0.2) is 21.0 Å². The molecule has 0 saturated heterocycles. The lowest BCUT2D eigenvalue weighted by Gasteiger charge is -2.12. The molecule has 0 spiro atoms. The number of rotatable bonds is 4. The lowest BCUT2D eigenvalue weighted by Crippen LogP contribution is -2.02. The first kappa shape index (κ1) is 11.7. The minimum absolute atomic E-state index is 0.00587. The summed E-state index contributed by atoms with van der Waals surface area (Å²) in [5.41, 5.74) is 0. The zero-order valence-corrected chi connectivity index (χ0v) is 9.70. The highest BCUT2D eigenvalue weighted by atomic mass is 19.1. The predicted octanol–water partition coefficient (Wildman–Crippen LogP) is 2.97. The van der Waals surface area contributed by atoms with Gasteiger partial charge in [-0.15, -0.1) is 0 Å². The fourth-order valence-electron chi connectivity index (χ4n) is 1.67. The third-order valence-electron chi connectivity index (χ3n) is 2.45. The second-order valence-corrected chi connectivity index (χ2v) is 3.49. The summed E-state index contributed by atoms with van der Waals surface area (Å²) in [6, 6.07) is 9.01. The molecule has 0 aromatic heterocycles. The lowest BCUT2D eigenvalue weighted by molar-refractivity contribution is 0.0491. The molecule has 0 heterocycles. The van der Waals surface area contributed by atoms with E-state index in [1.165, 1.54) is 14.2 Å². The topological polar surface area (TPSA) is 27.7 Å². The van der Waals surface area contributed by atoms with Gasteiger partial charge in [0.25, 0.3) is 0 Å². The van der Waals surface area contributed by atoms with Gasteiger partial charge in [-0.25, -0.2) is 0 Å². The van der Waals surface area contributed by atoms with Crippen molar-refractivity contribution in [3.05, 3.63) is 36.1 Å². The minimum atomic E-state index is -0.511. The Morgan fingerprint density at radius 2 is 1.94 bits per heavy atom. The Hall–Kier alpha value is -1.81. The van der Waals surface area contributed by atoms with Gasteiger partial charge in [0.15, 0.2) is 18.3 Å². The molecule has 0 amide bonds. The molecule has 3 nitrogen and oxygen atoms in total. The van der Waals surface area contributed by atoms with Gasteiger partial charge in [-0.3, -0.25) is 0 Å². The van der Waals surface area contributed by atoms with Crippen molar-refractivity contribution in [2.45, 2.75) is 0 Å². The van der Waals surface area contributed by atoms with Crippen LogP contribution in [-0.2, 0) is 4.74 Å². The Bertz CT molecular complexity index is 525. The van der Waals surface area contributed by atoms with Crippen molar-refractivity contribution in [3.8, 4) is 11.5 Å². The van der Waals surface area contributed by atoms with Crippen LogP contribution in [0.1, 0.15) is 0 Å². The molecule has 0 aliphatic carbocycles. The van der Waals surface area contributed by atoms with E-state index < -0.39 is 5.82 Å². The first-order chi connectivity index (χ1) is 8.27. The van der Waals surface area contributed by atoms with Crippen LogP contribution in [0.3, 0.4) is 0 Å². The van der Waals surface area contributed by atoms with Crippen LogP contribution in [0.4, 0.5) is 4.39 Å². The molecule has 2 rings (SSSR count). The van der Waals surface area contributed by atoms with Gasteiger partial charge < -0.3 is 14.2 Å². The summed E-state index contributed by atoms with van der Waals surface area (Å²) in [4.78, 5) is 0. The molecule has 0 N–H and O–H groups in total. The van der Waals surface area contributed by atoms with Crippen LogP contribution >= 0.6 is 0 Å². The fraction of sp³-hybridized carbons (Fsp3) is 0.231. The van der Waals surface area contributed by atoms with Crippen molar-refractivity contribution in [2.75, 3.05) is 21.0 Å². The van der Waals surface area contributed by atoms with E-state index in [4.69, 9.17) is 14.2 Å². The van der Waals surface area contributed by atoms with Crippen LogP contribution in [0.25, 0.3) is 10.8 Å². The van der Waals surface area contributed by atoms with E-state index >= 15 is 0 Å². The van der Waals surface area contributed by atoms with Gasteiger partial charge in [-0.2, -0.15) is 4.39 Å². The largest absolute Gasteiger partial charge is 0.494 e. The molecule has 90 valence electrons. The summed E-state index contributed by atoms with van der Waals surface area (Å²) < 4.78 is 29.1. The summed E-state index contributed by atoms with van der Waals surface area (Å²) in [6.07, 6.45) is 0. The third-order valence-corrected chi connectivity index (χ3v) is 2.45. The SMILES string of the molecule is COCOc1c(F)c(OC)cc2ccccc12. The molecule has 0 fully saturated rings. The third kappa shape index (κ3) is 2.17. The van der Waals surface area contributed by atoms with E-state index in [1.807, 2.05) is 18.2 Å². The Kier molecular flexibility index (Phi) is 3.44. The van der Waals surface area contributed by atoms with E-state index in [9.17, 15) is 4.39 Å². The molecule has 2 aromatic carbocycles. The van der Waals surface area contributed by atoms with Gasteiger partial charge in [0.1, 0.15) is 0 Å². The van der Waals surface area contributed by atoms with E-state index in [0.717, 1.165) is 5.39 Å². The Morgan fingerprint density at radius 1 is 1.18 bits per heavy atom. The maximum Gasteiger partial charge on any atom is 0.207 e. The lowest BCUT2D eigenvalue weighted by atomic mass is 10.1. The standard InChI is InChI=1S/C13H13FO3/c1-15-8-17-13-10-6-4-3-5-9(10)7-11(16-2)12(13)14/h3-7H,8H2,1-2H3. The summed E-state index contributed by atoms with van der Waals surface area (Å²) in [5.74, 6) is -0.195. The molecule has 2 aromatic rings. The van der Waals surface area contributed by atoms with Crippen molar-refractivity contribution in [1.29, 1.82) is 0 Å². The molecule has 0 unspecified atom stereocenters. The fourth-order valence-corrected chi connectivity index (χ4v) is 1.67. The smallest absolute Gasteiger partial charge is 0.207 e. The Balaban J connectivity index is 2.62. The van der Waals surface area contributed by atoms with Crippen LogP contribution in [0.15, 0.2) is 30.3 Å². The van der Waals surface area contributed by atoms with Crippen molar-refractivity contribution < 1.29 is 18.6 Å². The molecule has 0 atom stereocenters. The molecule has 0 aliphatic rings. The highest BCUT2D eigenvalue weighted by Gasteiger charge is 2.15. The van der Waals surface area contributed by atoms with Gasteiger partial charge in [0.2, 0.25) is 5.82 Å². The quantitative estimate of drug-likeness (QED) is 0.764. The molecule has 0 bridgehead atoms. The first-order valence-electron chi connectivity index (χ1n) is 5.15. The van der Waals surface area contributed by atoms with E-state index in [1.54, 1.807) is 12.1 Å². The van der Waals surface area contributed by atoms with Crippen molar-refractivity contribution in [2.24, 2.45) is 0 Å². The molecule has 0 aliphatic heterocycles. The number of benzene rings is 2. The van der Waals surface area contributed by atoms with Gasteiger partial charge in [0, 0.05) is 12.5 Å². The number of hydrogen-bond acceptors (Lipinski definition) is 3. The monoisotopic (exact) mass is 236 g/mol. The minimum Gasteiger partial charge on any atom is -0.494 e. The summed E-state index contributed by atoms with van der Waals surface area (Å²) in [5, 5.41) is 1.56. The molecule has 4 heteroatoms. The van der Waals surface area contributed by atoms with Gasteiger partial charge in [-0.05, 0) is 11.5 Å². The molecular weight excluding hydrogens is 223 g/mol. The number of halogens is 1. The first-order valence-corrected chi connectivity index (χ1v) is 5.15. The van der Waals surface area contributed by atoms with Gasteiger partial charge in [0.05, 0.1) is 7.11 Å². The van der Waals surface area contributed by atoms with Crippen LogP contribution in [0.5, 0.6) is 11.5 Å². The molecular formula is C13H13FO3. The Labute approximate surface area is 98.7 Å². The average molecular weight is 236 g/mol. The zero-order chi connectivity index (χ0) is 12.3. The Morgan fingerprint density at radius 3 is 2.65 bits per heavy atom. The number of fused-ring (bicyclic) bond motifs is 1. The number of methoxy groups -OCH3 is 2. The summed E-state index contributed by atoms with van der Waals surface area (Å²) in [6.45, 7) is -0.00587. The molecule has 0 radical (unpaired) electrons. The van der Waals surface area contributed by atoms with E-state index in [-0.39, 0.29) is 18.3 Å². The maximum atomic E-state index is 14.0. The average Bonchev–Trinajstić information content (AvgIpc) is 2.37. The highest BCUT2D eigenvalue weighted by Crippen LogP contribution is 2.35. The highest BCUT2D eigenvalue weighted by molar-refractivity contribution is 5.90. The van der Waals surface area contributed by atoms with E-state index in [0.29, 0.717) is 5.39 Å². The normalized spacial score (nSPS) is 10.5. The summed E-state index contributed by atoms with van der Waals surface area (Å²) >= 11 is 0. The van der Waals surface area contributed by atoms with E-state index in [2.05, 4.69) is 0 Å². The van der Waals surface area contributed by atoms with Crippen LogP contribution < -0.4 is 9.47 Å². The second-order valence-electron chi connectivity index (χ2n) is 3.49. The van der Waals surface area contributed by atoms with Crippen molar-refractivity contribution in [3.63, 3.8) is 0 Å². The molecule has 17 heavy (non-hydrogen) atoms. The second kappa shape index (κ2) is 5.01. The van der Waals surface area contributed by atoms with Crippen LogP contribution in [0.2, 0.25) is 0 Å². The maximum absolute atomic E-state index is 14.0. The molecule has 0 saturated carbocycles. The summed E-state index contributed by atoms with van der Waals surface area (Å²) in [7, 11) is 2.91.